The van der Waals surface area contributed by atoms with Gasteiger partial charge >= 0.3 is 11.9 Å². The Hall–Kier alpha value is -5.28. The van der Waals surface area contributed by atoms with E-state index in [9.17, 15) is 19.2 Å². The summed E-state index contributed by atoms with van der Waals surface area (Å²) in [6, 6.07) is 33.7. The summed E-state index contributed by atoms with van der Waals surface area (Å²) in [5.74, 6) is -2.11. The number of ether oxygens (including phenoxy) is 2. The number of carbonyl (C=O) groups excluding carboxylic acids is 4. The van der Waals surface area contributed by atoms with E-state index in [0.717, 1.165) is 22.3 Å². The molecule has 4 atom stereocenters. The average Bonchev–Trinajstić information content (AvgIpc) is 3.11. The van der Waals surface area contributed by atoms with Gasteiger partial charge in [-0.15, -0.1) is 0 Å². The number of esters is 2. The van der Waals surface area contributed by atoms with Crippen LogP contribution in [-0.2, 0) is 54.3 Å². The molecular formula is C38H41N3O6. The predicted molar refractivity (Wildman–Crippen MR) is 179 cm³/mol. The fourth-order valence-corrected chi connectivity index (χ4v) is 5.31. The molecule has 0 aliphatic carbocycles. The van der Waals surface area contributed by atoms with Crippen molar-refractivity contribution >= 4 is 23.8 Å². The van der Waals surface area contributed by atoms with Gasteiger partial charge in [-0.1, -0.05) is 121 Å². The van der Waals surface area contributed by atoms with Gasteiger partial charge in [0.25, 0.3) is 0 Å². The van der Waals surface area contributed by atoms with E-state index in [1.807, 2.05) is 121 Å². The lowest BCUT2D eigenvalue weighted by atomic mass is 9.99. The van der Waals surface area contributed by atoms with Crippen LogP contribution in [0.5, 0.6) is 0 Å². The highest BCUT2D eigenvalue weighted by Gasteiger charge is 2.32. The summed E-state index contributed by atoms with van der Waals surface area (Å²) in [6.07, 6.45) is 0.918. The van der Waals surface area contributed by atoms with E-state index in [-0.39, 0.29) is 25.7 Å². The topological polar surface area (TPSA) is 123 Å². The zero-order valence-corrected chi connectivity index (χ0v) is 26.6. The predicted octanol–water partition coefficient (Wildman–Crippen LogP) is 3.60. The summed E-state index contributed by atoms with van der Waals surface area (Å²) in [4.78, 5) is 53.6. The summed E-state index contributed by atoms with van der Waals surface area (Å²) in [5.41, 5.74) is 3.41. The number of rotatable bonds is 16. The van der Waals surface area contributed by atoms with Crippen molar-refractivity contribution in [3.8, 4) is 0 Å². The third-order valence-electron chi connectivity index (χ3n) is 7.77. The van der Waals surface area contributed by atoms with Crippen molar-refractivity contribution < 1.29 is 28.7 Å². The van der Waals surface area contributed by atoms with Gasteiger partial charge in [0.1, 0.15) is 12.1 Å². The molecule has 0 aliphatic heterocycles. The lowest BCUT2D eigenvalue weighted by Gasteiger charge is -2.28. The van der Waals surface area contributed by atoms with Gasteiger partial charge in [-0.25, -0.2) is 9.59 Å². The van der Waals surface area contributed by atoms with Gasteiger partial charge < -0.3 is 20.1 Å². The van der Waals surface area contributed by atoms with Crippen LogP contribution in [0.2, 0.25) is 0 Å². The van der Waals surface area contributed by atoms with Crippen molar-refractivity contribution in [2.75, 3.05) is 14.2 Å². The fourth-order valence-electron chi connectivity index (χ4n) is 5.31. The second-order valence-corrected chi connectivity index (χ2v) is 11.2. The van der Waals surface area contributed by atoms with Crippen LogP contribution in [0.15, 0.2) is 121 Å². The molecule has 0 aromatic heterocycles. The second kappa shape index (κ2) is 18.0. The maximum Gasteiger partial charge on any atom is 0.328 e. The van der Waals surface area contributed by atoms with E-state index in [0.29, 0.717) is 0 Å². The molecule has 3 N–H and O–H groups in total. The van der Waals surface area contributed by atoms with E-state index >= 15 is 0 Å². The molecule has 9 heteroatoms. The van der Waals surface area contributed by atoms with Crippen molar-refractivity contribution in [1.29, 1.82) is 0 Å². The first-order valence-corrected chi connectivity index (χ1v) is 15.5. The largest absolute Gasteiger partial charge is 0.467 e. The Morgan fingerprint density at radius 3 is 0.957 bits per heavy atom. The van der Waals surface area contributed by atoms with Gasteiger partial charge in [0.15, 0.2) is 0 Å². The van der Waals surface area contributed by atoms with Crippen LogP contribution < -0.4 is 16.0 Å². The first kappa shape index (κ1) is 34.6. The Morgan fingerprint density at radius 2 is 0.702 bits per heavy atom. The zero-order chi connectivity index (χ0) is 33.4. The molecule has 0 saturated carbocycles. The molecular weight excluding hydrogens is 594 g/mol. The lowest BCUT2D eigenvalue weighted by molar-refractivity contribution is -0.145. The molecule has 4 aromatic rings. The van der Waals surface area contributed by atoms with Crippen LogP contribution in [0, 0.1) is 0 Å². The zero-order valence-electron chi connectivity index (χ0n) is 26.6. The van der Waals surface area contributed by atoms with Gasteiger partial charge in [0, 0.05) is 12.8 Å². The van der Waals surface area contributed by atoms with Gasteiger partial charge in [0.2, 0.25) is 11.8 Å². The highest BCUT2D eigenvalue weighted by Crippen LogP contribution is 2.12. The van der Waals surface area contributed by atoms with Crippen molar-refractivity contribution in [2.24, 2.45) is 0 Å². The number of hydrogen-bond donors (Lipinski definition) is 3. The highest BCUT2D eigenvalue weighted by atomic mass is 16.5. The molecule has 0 fully saturated rings. The molecule has 244 valence electrons. The smallest absolute Gasteiger partial charge is 0.328 e. The summed E-state index contributed by atoms with van der Waals surface area (Å²) in [6.45, 7) is 0. The van der Waals surface area contributed by atoms with Crippen LogP contribution in [0.1, 0.15) is 22.3 Å². The quantitative estimate of drug-likeness (QED) is 0.161. The number of hydrogen-bond acceptors (Lipinski definition) is 7. The third kappa shape index (κ3) is 10.9. The Balaban J connectivity index is 1.62. The van der Waals surface area contributed by atoms with Crippen molar-refractivity contribution in [3.63, 3.8) is 0 Å². The third-order valence-corrected chi connectivity index (χ3v) is 7.77. The first-order chi connectivity index (χ1) is 22.9. The molecule has 0 heterocycles. The van der Waals surface area contributed by atoms with Crippen molar-refractivity contribution in [2.45, 2.75) is 49.9 Å². The minimum absolute atomic E-state index is 0.228. The molecule has 2 amide bonds. The second-order valence-electron chi connectivity index (χ2n) is 11.2. The van der Waals surface area contributed by atoms with Crippen molar-refractivity contribution in [1.82, 2.24) is 16.0 Å². The van der Waals surface area contributed by atoms with Gasteiger partial charge in [-0.05, 0) is 35.1 Å². The Kier molecular flexibility index (Phi) is 13.3. The molecule has 47 heavy (non-hydrogen) atoms. The summed E-state index contributed by atoms with van der Waals surface area (Å²) in [7, 11) is 2.55. The number of carbonyl (C=O) groups is 4. The van der Waals surface area contributed by atoms with Gasteiger partial charge in [-0.2, -0.15) is 0 Å². The van der Waals surface area contributed by atoms with Crippen LogP contribution in [0.4, 0.5) is 0 Å². The maximum absolute atomic E-state index is 14.0. The average molecular weight is 636 g/mol. The molecule has 0 spiro atoms. The van der Waals surface area contributed by atoms with E-state index in [1.165, 1.54) is 14.2 Å². The highest BCUT2D eigenvalue weighted by molar-refractivity contribution is 5.90. The Bertz CT molecular complexity index is 1450. The van der Waals surface area contributed by atoms with E-state index < -0.39 is 47.9 Å². The molecule has 0 saturated heterocycles. The summed E-state index contributed by atoms with van der Waals surface area (Å²) in [5, 5.41) is 9.00. The number of nitrogens with one attached hydrogen (secondary N) is 3. The summed E-state index contributed by atoms with van der Waals surface area (Å²) < 4.78 is 10.1. The van der Waals surface area contributed by atoms with Crippen molar-refractivity contribution in [3.05, 3.63) is 144 Å². The lowest BCUT2D eigenvalue weighted by Crippen LogP contribution is -2.59. The maximum atomic E-state index is 14.0. The molecule has 4 rings (SSSR count). The molecule has 0 radical (unpaired) electrons. The van der Waals surface area contributed by atoms with Crippen LogP contribution in [0.3, 0.4) is 0 Å². The van der Waals surface area contributed by atoms with E-state index in [1.54, 1.807) is 0 Å². The fraction of sp³-hybridized carbons (Fsp3) is 0.263. The number of benzene rings is 4. The standard InChI is InChI=1S/C38H41N3O6/c1-46-37(44)33(25-29-19-11-5-12-20-29)40-35(42)31(23-27-15-7-3-8-16-27)39-32(24-28-17-9-4-10-18-28)36(43)41-34(38(45)47-2)26-30-21-13-6-14-22-30/h3-22,31-34,39H,23-26H2,1-2H3,(H,40,42)(H,41,43)/t31-,32-,33-,34-/m1/s1. The monoisotopic (exact) mass is 635 g/mol. The number of amides is 2. The van der Waals surface area contributed by atoms with Crippen LogP contribution in [-0.4, -0.2) is 62.1 Å². The Morgan fingerprint density at radius 1 is 0.447 bits per heavy atom. The molecule has 0 unspecified atom stereocenters. The summed E-state index contributed by atoms with van der Waals surface area (Å²) >= 11 is 0. The van der Waals surface area contributed by atoms with Crippen LogP contribution >= 0.6 is 0 Å². The molecule has 0 aliphatic rings. The van der Waals surface area contributed by atoms with E-state index in [4.69, 9.17) is 9.47 Å². The normalized spacial score (nSPS) is 13.3. The van der Waals surface area contributed by atoms with Gasteiger partial charge in [-0.3, -0.25) is 14.9 Å². The number of methoxy groups -OCH3 is 2. The molecule has 9 nitrogen and oxygen atoms in total. The SMILES string of the molecule is COC(=O)[C@@H](Cc1ccccc1)NC(=O)[C@@H](Cc1ccccc1)N[C@H](Cc1ccccc1)C(=O)N[C@H](Cc1ccccc1)C(=O)OC. The van der Waals surface area contributed by atoms with Crippen LogP contribution in [0.25, 0.3) is 0 Å². The minimum atomic E-state index is -0.953. The molecule has 0 bridgehead atoms. The van der Waals surface area contributed by atoms with Gasteiger partial charge in [0.05, 0.1) is 26.3 Å². The first-order valence-electron chi connectivity index (χ1n) is 15.5. The molecule has 4 aromatic carbocycles. The minimum Gasteiger partial charge on any atom is -0.467 e. The van der Waals surface area contributed by atoms with E-state index in [2.05, 4.69) is 16.0 Å². The Labute approximate surface area is 275 Å².